The highest BCUT2D eigenvalue weighted by Crippen LogP contribution is 2.25. The van der Waals surface area contributed by atoms with Gasteiger partial charge in [0.2, 0.25) is 5.88 Å². The Bertz CT molecular complexity index is 575. The van der Waals surface area contributed by atoms with E-state index in [1.54, 1.807) is 13.2 Å². The summed E-state index contributed by atoms with van der Waals surface area (Å²) in [5.41, 5.74) is 2.70. The van der Waals surface area contributed by atoms with Gasteiger partial charge in [-0.15, -0.1) is 0 Å². The number of hydrogen-bond acceptors (Lipinski definition) is 4. The van der Waals surface area contributed by atoms with Crippen LogP contribution in [0.3, 0.4) is 0 Å². The van der Waals surface area contributed by atoms with Gasteiger partial charge in [-0.2, -0.15) is 0 Å². The second-order valence-electron chi connectivity index (χ2n) is 4.27. The second-order valence-corrected chi connectivity index (χ2v) is 5.19. The lowest BCUT2D eigenvalue weighted by Gasteiger charge is -2.14. The van der Waals surface area contributed by atoms with E-state index in [1.807, 2.05) is 25.1 Å². The molecule has 0 bridgehead atoms. The molecule has 4 nitrogen and oxygen atoms in total. The first-order valence-electron chi connectivity index (χ1n) is 5.89. The molecule has 0 radical (unpaired) electrons. The van der Waals surface area contributed by atoms with Crippen LogP contribution in [0.25, 0.3) is 0 Å². The molecule has 0 aliphatic carbocycles. The summed E-state index contributed by atoms with van der Waals surface area (Å²) in [6.07, 6.45) is 1.27. The Labute approximate surface area is 120 Å². The van der Waals surface area contributed by atoms with Crippen LogP contribution in [0.4, 0.5) is 0 Å². The highest BCUT2D eigenvalue weighted by Gasteiger charge is 2.13. The Morgan fingerprint density at radius 3 is 2.84 bits per heavy atom. The summed E-state index contributed by atoms with van der Waals surface area (Å²) in [5.74, 6) is 0.503. The molecular formula is C14H15BrN2O2. The van der Waals surface area contributed by atoms with Crippen LogP contribution in [0.2, 0.25) is 0 Å². The molecular weight excluding hydrogens is 308 g/mol. The van der Waals surface area contributed by atoms with Gasteiger partial charge in [-0.25, -0.2) is 9.97 Å². The van der Waals surface area contributed by atoms with Gasteiger partial charge in [0.25, 0.3) is 0 Å². The van der Waals surface area contributed by atoms with Crippen molar-refractivity contribution >= 4 is 15.9 Å². The fourth-order valence-electron chi connectivity index (χ4n) is 1.88. The first-order valence-corrected chi connectivity index (χ1v) is 6.68. The smallest absolute Gasteiger partial charge is 0.216 e. The number of halogens is 1. The number of aromatic nitrogens is 2. The van der Waals surface area contributed by atoms with E-state index in [4.69, 9.17) is 4.74 Å². The Hall–Kier alpha value is -1.46. The van der Waals surface area contributed by atoms with Crippen LogP contribution < -0.4 is 4.74 Å². The molecule has 0 saturated heterocycles. The largest absolute Gasteiger partial charge is 0.481 e. The van der Waals surface area contributed by atoms with Crippen LogP contribution in [-0.2, 0) is 6.42 Å². The molecule has 1 unspecified atom stereocenters. The van der Waals surface area contributed by atoms with Crippen molar-refractivity contribution in [1.82, 2.24) is 9.97 Å². The molecule has 19 heavy (non-hydrogen) atoms. The zero-order valence-electron chi connectivity index (χ0n) is 10.8. The fourth-order valence-corrected chi connectivity index (χ4v) is 2.26. The third kappa shape index (κ3) is 3.52. The molecule has 5 heteroatoms. The van der Waals surface area contributed by atoms with E-state index in [9.17, 15) is 5.11 Å². The van der Waals surface area contributed by atoms with Crippen molar-refractivity contribution < 1.29 is 9.84 Å². The van der Waals surface area contributed by atoms with Crippen molar-refractivity contribution in [2.75, 3.05) is 7.11 Å². The average molecular weight is 323 g/mol. The van der Waals surface area contributed by atoms with Crippen LogP contribution in [0.1, 0.15) is 22.9 Å². The molecule has 0 saturated carbocycles. The Balaban J connectivity index is 2.20. The van der Waals surface area contributed by atoms with Crippen molar-refractivity contribution in [2.45, 2.75) is 19.4 Å². The summed E-state index contributed by atoms with van der Waals surface area (Å²) in [6.45, 7) is 1.98. The van der Waals surface area contributed by atoms with Crippen LogP contribution in [0.15, 0.2) is 35.1 Å². The predicted octanol–water partition coefficient (Wildman–Crippen LogP) is 2.83. The Morgan fingerprint density at radius 1 is 1.32 bits per heavy atom. The van der Waals surface area contributed by atoms with E-state index in [0.29, 0.717) is 12.3 Å². The maximum atomic E-state index is 10.3. The van der Waals surface area contributed by atoms with Crippen LogP contribution >= 0.6 is 15.9 Å². The minimum Gasteiger partial charge on any atom is -0.481 e. The van der Waals surface area contributed by atoms with Gasteiger partial charge in [0.05, 0.1) is 18.9 Å². The highest BCUT2D eigenvalue weighted by atomic mass is 79.9. The van der Waals surface area contributed by atoms with Crippen molar-refractivity contribution in [1.29, 1.82) is 0 Å². The van der Waals surface area contributed by atoms with Gasteiger partial charge in [0, 0.05) is 17.0 Å². The molecule has 0 aliphatic rings. The number of nitrogens with zero attached hydrogens (tertiary/aromatic N) is 2. The molecule has 2 rings (SSSR count). The number of benzene rings is 1. The molecule has 1 heterocycles. The standard InChI is InChI=1S/C14H15BrN2O2/c1-9-3-4-10(15)5-12(9)13(18)6-11-7-14(19-2)17-8-16-11/h3-5,7-8,13,18H,6H2,1-2H3. The maximum Gasteiger partial charge on any atom is 0.216 e. The molecule has 0 fully saturated rings. The van der Waals surface area contributed by atoms with Gasteiger partial charge in [-0.3, -0.25) is 0 Å². The molecule has 1 atom stereocenters. The van der Waals surface area contributed by atoms with E-state index in [-0.39, 0.29) is 0 Å². The average Bonchev–Trinajstić information content (AvgIpc) is 2.41. The molecule has 0 amide bonds. The lowest BCUT2D eigenvalue weighted by Crippen LogP contribution is -2.06. The third-order valence-electron chi connectivity index (χ3n) is 2.91. The van der Waals surface area contributed by atoms with Crippen LogP contribution in [0.5, 0.6) is 5.88 Å². The monoisotopic (exact) mass is 322 g/mol. The number of aliphatic hydroxyl groups is 1. The summed E-state index contributed by atoms with van der Waals surface area (Å²) in [5, 5.41) is 10.3. The van der Waals surface area contributed by atoms with E-state index >= 15 is 0 Å². The number of hydrogen-bond donors (Lipinski definition) is 1. The van der Waals surface area contributed by atoms with Crippen LogP contribution in [0, 0.1) is 6.92 Å². The quantitative estimate of drug-likeness (QED) is 0.940. The first-order chi connectivity index (χ1) is 9.10. The highest BCUT2D eigenvalue weighted by molar-refractivity contribution is 9.10. The first kappa shape index (κ1) is 14.0. The number of rotatable bonds is 4. The molecule has 1 aromatic heterocycles. The summed E-state index contributed by atoms with van der Waals surface area (Å²) in [7, 11) is 1.56. The normalized spacial score (nSPS) is 12.2. The fraction of sp³-hybridized carbons (Fsp3) is 0.286. The van der Waals surface area contributed by atoms with E-state index in [1.165, 1.54) is 6.33 Å². The number of ether oxygens (including phenoxy) is 1. The van der Waals surface area contributed by atoms with Gasteiger partial charge in [-0.1, -0.05) is 22.0 Å². The molecule has 2 aromatic rings. The van der Waals surface area contributed by atoms with E-state index < -0.39 is 6.10 Å². The van der Waals surface area contributed by atoms with Gasteiger partial charge >= 0.3 is 0 Å². The zero-order valence-corrected chi connectivity index (χ0v) is 12.4. The van der Waals surface area contributed by atoms with Crippen molar-refractivity contribution in [3.05, 3.63) is 51.9 Å². The summed E-state index contributed by atoms with van der Waals surface area (Å²) in [6, 6.07) is 7.59. The molecule has 100 valence electrons. The molecule has 0 spiro atoms. The van der Waals surface area contributed by atoms with Gasteiger partial charge < -0.3 is 9.84 Å². The molecule has 1 aromatic carbocycles. The zero-order chi connectivity index (χ0) is 13.8. The molecule has 1 N–H and O–H groups in total. The number of aliphatic hydroxyl groups excluding tert-OH is 1. The van der Waals surface area contributed by atoms with Gasteiger partial charge in [0.15, 0.2) is 0 Å². The van der Waals surface area contributed by atoms with Crippen LogP contribution in [-0.4, -0.2) is 22.2 Å². The van der Waals surface area contributed by atoms with Crippen molar-refractivity contribution in [2.24, 2.45) is 0 Å². The summed E-state index contributed by atoms with van der Waals surface area (Å²) >= 11 is 3.42. The van der Waals surface area contributed by atoms with E-state index in [0.717, 1.165) is 21.3 Å². The topological polar surface area (TPSA) is 55.2 Å². The maximum absolute atomic E-state index is 10.3. The van der Waals surface area contributed by atoms with Gasteiger partial charge in [-0.05, 0) is 30.2 Å². The predicted molar refractivity (Wildman–Crippen MR) is 76.1 cm³/mol. The number of methoxy groups -OCH3 is 1. The van der Waals surface area contributed by atoms with Crippen molar-refractivity contribution in [3.63, 3.8) is 0 Å². The Morgan fingerprint density at radius 2 is 2.11 bits per heavy atom. The second kappa shape index (κ2) is 6.12. The lowest BCUT2D eigenvalue weighted by molar-refractivity contribution is 0.176. The molecule has 0 aliphatic heterocycles. The van der Waals surface area contributed by atoms with Gasteiger partial charge in [0.1, 0.15) is 6.33 Å². The van der Waals surface area contributed by atoms with Crippen molar-refractivity contribution in [3.8, 4) is 5.88 Å². The SMILES string of the molecule is COc1cc(CC(O)c2cc(Br)ccc2C)ncn1. The third-order valence-corrected chi connectivity index (χ3v) is 3.40. The summed E-state index contributed by atoms with van der Waals surface area (Å²) in [4.78, 5) is 8.09. The number of aryl methyl sites for hydroxylation is 1. The minimum absolute atomic E-state index is 0.427. The summed E-state index contributed by atoms with van der Waals surface area (Å²) < 4.78 is 6.00. The van der Waals surface area contributed by atoms with E-state index in [2.05, 4.69) is 25.9 Å². The minimum atomic E-state index is -0.600. The Kier molecular flexibility index (Phi) is 4.50. The lowest BCUT2D eigenvalue weighted by atomic mass is 10.00.